The number of esters is 1. The van der Waals surface area contributed by atoms with Gasteiger partial charge in [0.1, 0.15) is 5.82 Å². The summed E-state index contributed by atoms with van der Waals surface area (Å²) in [6.07, 6.45) is 10.3. The number of aryl methyl sites for hydroxylation is 1. The van der Waals surface area contributed by atoms with Crippen LogP contribution in [0.4, 0.5) is 0 Å². The number of halogens is 1. The Labute approximate surface area is 176 Å². The molecule has 0 saturated carbocycles. The van der Waals surface area contributed by atoms with Gasteiger partial charge in [0.25, 0.3) is 0 Å². The summed E-state index contributed by atoms with van der Waals surface area (Å²) in [4.78, 5) is 17.0. The fraction of sp³-hybridized carbons (Fsp3) is 0.304. The molecule has 0 saturated heterocycles. The van der Waals surface area contributed by atoms with Gasteiger partial charge < -0.3 is 13.7 Å². The van der Waals surface area contributed by atoms with E-state index in [1.165, 1.54) is 7.11 Å². The van der Waals surface area contributed by atoms with Gasteiger partial charge in [0.15, 0.2) is 0 Å². The van der Waals surface area contributed by atoms with Crippen LogP contribution in [0.15, 0.2) is 59.0 Å². The lowest BCUT2D eigenvalue weighted by Crippen LogP contribution is -2.10. The molecule has 2 aromatic heterocycles. The number of methoxy groups -OCH3 is 1. The van der Waals surface area contributed by atoms with Crippen molar-refractivity contribution in [2.45, 2.75) is 39.2 Å². The highest BCUT2D eigenvalue weighted by Crippen LogP contribution is 2.21. The van der Waals surface area contributed by atoms with E-state index >= 15 is 0 Å². The lowest BCUT2D eigenvalue weighted by Gasteiger charge is -2.13. The number of hydrogen-bond donors (Lipinski definition) is 0. The van der Waals surface area contributed by atoms with E-state index in [0.29, 0.717) is 23.6 Å². The van der Waals surface area contributed by atoms with Crippen LogP contribution in [0.5, 0.6) is 0 Å². The van der Waals surface area contributed by atoms with Crippen LogP contribution in [0.3, 0.4) is 0 Å². The number of furan rings is 1. The van der Waals surface area contributed by atoms with E-state index in [9.17, 15) is 4.79 Å². The number of benzene rings is 1. The van der Waals surface area contributed by atoms with Crippen LogP contribution in [-0.4, -0.2) is 22.6 Å². The average Bonchev–Trinajstić information content (AvgIpc) is 3.37. The minimum Gasteiger partial charge on any atom is -0.472 e. The van der Waals surface area contributed by atoms with Crippen LogP contribution in [0.1, 0.15) is 42.4 Å². The van der Waals surface area contributed by atoms with Gasteiger partial charge in [-0.05, 0) is 35.8 Å². The van der Waals surface area contributed by atoms with Gasteiger partial charge >= 0.3 is 5.97 Å². The van der Waals surface area contributed by atoms with Gasteiger partial charge in [-0.15, -0.1) is 0 Å². The van der Waals surface area contributed by atoms with Crippen molar-refractivity contribution in [1.82, 2.24) is 9.55 Å². The summed E-state index contributed by atoms with van der Waals surface area (Å²) in [7, 11) is 1.39. The minimum atomic E-state index is -0.369. The molecule has 0 aliphatic carbocycles. The first-order valence-electron chi connectivity index (χ1n) is 9.70. The first-order valence-corrected chi connectivity index (χ1v) is 10.1. The number of carbonyl (C=O) groups excluding carboxylic acids is 1. The van der Waals surface area contributed by atoms with Gasteiger partial charge in [-0.3, -0.25) is 0 Å². The molecule has 0 spiro atoms. The Morgan fingerprint density at radius 2 is 2.14 bits per heavy atom. The van der Waals surface area contributed by atoms with E-state index in [0.717, 1.165) is 41.9 Å². The van der Waals surface area contributed by atoms with Crippen molar-refractivity contribution >= 4 is 23.6 Å². The molecule has 5 nitrogen and oxygen atoms in total. The molecule has 0 bridgehead atoms. The average molecular weight is 413 g/mol. The maximum Gasteiger partial charge on any atom is 0.334 e. The standard InChI is InChI=1S/C23H25ClN2O3/c1-3-4-9-22-25-14-20(26(22)15-18-7-5-6-8-21(18)24)13-19(23(27)28-2)12-17-10-11-29-16-17/h5-8,10-11,13-14,16H,3-4,9,12,15H2,1-2H3/b19-13+. The van der Waals surface area contributed by atoms with Crippen molar-refractivity contribution in [2.75, 3.05) is 7.11 Å². The molecule has 3 aromatic rings. The third-order valence-corrected chi connectivity index (χ3v) is 5.12. The highest BCUT2D eigenvalue weighted by atomic mass is 35.5. The fourth-order valence-electron chi connectivity index (χ4n) is 3.16. The van der Waals surface area contributed by atoms with Gasteiger partial charge in [0.2, 0.25) is 0 Å². The molecule has 29 heavy (non-hydrogen) atoms. The Balaban J connectivity index is 1.99. The fourth-order valence-corrected chi connectivity index (χ4v) is 3.36. The first kappa shape index (κ1) is 20.9. The van der Waals surface area contributed by atoms with Gasteiger partial charge in [-0.1, -0.05) is 43.1 Å². The molecule has 0 aliphatic rings. The molecule has 0 amide bonds. The lowest BCUT2D eigenvalue weighted by atomic mass is 10.1. The van der Waals surface area contributed by atoms with E-state index in [-0.39, 0.29) is 5.97 Å². The van der Waals surface area contributed by atoms with E-state index in [4.69, 9.17) is 20.8 Å². The molecule has 0 unspecified atom stereocenters. The van der Waals surface area contributed by atoms with E-state index in [2.05, 4.69) is 16.5 Å². The Morgan fingerprint density at radius 3 is 2.83 bits per heavy atom. The molecule has 0 N–H and O–H groups in total. The Hall–Kier alpha value is -2.79. The molecule has 152 valence electrons. The van der Waals surface area contributed by atoms with Crippen LogP contribution in [0.2, 0.25) is 5.02 Å². The highest BCUT2D eigenvalue weighted by molar-refractivity contribution is 6.31. The van der Waals surface area contributed by atoms with Gasteiger partial charge in [-0.2, -0.15) is 0 Å². The molecule has 3 rings (SSSR count). The SMILES string of the molecule is CCCCc1ncc(/C=C(\Cc2ccoc2)C(=O)OC)n1Cc1ccccc1Cl. The normalized spacial score (nSPS) is 11.6. The summed E-state index contributed by atoms with van der Waals surface area (Å²) in [6, 6.07) is 9.61. The molecular weight excluding hydrogens is 388 g/mol. The zero-order valence-electron chi connectivity index (χ0n) is 16.7. The molecule has 0 aliphatic heterocycles. The van der Waals surface area contributed by atoms with Crippen LogP contribution < -0.4 is 0 Å². The maximum absolute atomic E-state index is 12.4. The summed E-state index contributed by atoms with van der Waals surface area (Å²) < 4.78 is 12.2. The largest absolute Gasteiger partial charge is 0.472 e. The third kappa shape index (κ3) is 5.39. The quantitative estimate of drug-likeness (QED) is 0.352. The third-order valence-electron chi connectivity index (χ3n) is 4.75. The zero-order chi connectivity index (χ0) is 20.6. The number of rotatable bonds is 9. The summed E-state index contributed by atoms with van der Waals surface area (Å²) in [5.74, 6) is 0.609. The number of unbranched alkanes of at least 4 members (excludes halogenated alkanes) is 1. The van der Waals surface area contributed by atoms with E-state index in [1.54, 1.807) is 18.7 Å². The summed E-state index contributed by atoms with van der Waals surface area (Å²) in [5, 5.41) is 0.712. The number of nitrogens with zero attached hydrogens (tertiary/aromatic N) is 2. The van der Waals surface area contributed by atoms with Crippen LogP contribution in [0, 0.1) is 0 Å². The van der Waals surface area contributed by atoms with Crippen molar-refractivity contribution < 1.29 is 13.9 Å². The number of carbonyl (C=O) groups is 1. The second kappa shape index (κ2) is 10.1. The van der Waals surface area contributed by atoms with Crippen molar-refractivity contribution in [3.05, 3.63) is 82.3 Å². The van der Waals surface area contributed by atoms with Gasteiger partial charge in [0, 0.05) is 23.4 Å². The monoisotopic (exact) mass is 412 g/mol. The van der Waals surface area contributed by atoms with Crippen molar-refractivity contribution in [3.63, 3.8) is 0 Å². The summed E-state index contributed by atoms with van der Waals surface area (Å²) in [6.45, 7) is 2.74. The summed E-state index contributed by atoms with van der Waals surface area (Å²) in [5.41, 5.74) is 3.30. The molecule has 0 radical (unpaired) electrons. The lowest BCUT2D eigenvalue weighted by molar-refractivity contribution is -0.136. The molecule has 6 heteroatoms. The zero-order valence-corrected chi connectivity index (χ0v) is 17.5. The predicted octanol–water partition coefficient (Wildman–Crippen LogP) is 5.32. The highest BCUT2D eigenvalue weighted by Gasteiger charge is 2.16. The van der Waals surface area contributed by atoms with E-state index in [1.807, 2.05) is 36.4 Å². The number of hydrogen-bond acceptors (Lipinski definition) is 4. The first-order chi connectivity index (χ1) is 14.1. The molecular formula is C23H25ClN2O3. The molecule has 0 fully saturated rings. The Bertz CT molecular complexity index is 974. The minimum absolute atomic E-state index is 0.369. The Kier molecular flexibility index (Phi) is 7.30. The topological polar surface area (TPSA) is 57.3 Å². The van der Waals surface area contributed by atoms with Gasteiger partial charge in [0.05, 0.1) is 38.1 Å². The predicted molar refractivity (Wildman–Crippen MR) is 114 cm³/mol. The summed E-state index contributed by atoms with van der Waals surface area (Å²) >= 11 is 6.39. The maximum atomic E-state index is 12.4. The molecule has 2 heterocycles. The number of aromatic nitrogens is 2. The molecule has 0 atom stereocenters. The number of imidazole rings is 1. The Morgan fingerprint density at radius 1 is 1.31 bits per heavy atom. The van der Waals surface area contributed by atoms with Crippen LogP contribution in [0.25, 0.3) is 6.08 Å². The molecule has 1 aromatic carbocycles. The van der Waals surface area contributed by atoms with Gasteiger partial charge in [-0.25, -0.2) is 9.78 Å². The van der Waals surface area contributed by atoms with Crippen LogP contribution in [-0.2, 0) is 28.9 Å². The smallest absolute Gasteiger partial charge is 0.334 e. The van der Waals surface area contributed by atoms with E-state index < -0.39 is 0 Å². The van der Waals surface area contributed by atoms with Crippen LogP contribution >= 0.6 is 11.6 Å². The second-order valence-corrected chi connectivity index (χ2v) is 7.26. The van der Waals surface area contributed by atoms with Crippen molar-refractivity contribution in [3.8, 4) is 0 Å². The van der Waals surface area contributed by atoms with Crippen molar-refractivity contribution in [2.24, 2.45) is 0 Å². The number of ether oxygens (including phenoxy) is 1. The van der Waals surface area contributed by atoms with Crippen molar-refractivity contribution in [1.29, 1.82) is 0 Å². The second-order valence-electron chi connectivity index (χ2n) is 6.85.